The van der Waals surface area contributed by atoms with Crippen LogP contribution >= 0.6 is 0 Å². The van der Waals surface area contributed by atoms with Crippen LogP contribution in [0.3, 0.4) is 0 Å². The number of carbonyl (C=O) groups is 1. The number of esters is 1. The third kappa shape index (κ3) is 7.02. The van der Waals surface area contributed by atoms with Gasteiger partial charge in [0.1, 0.15) is 11.6 Å². The molecule has 1 aromatic rings. The summed E-state index contributed by atoms with van der Waals surface area (Å²) in [6.07, 6.45) is 5.93. The van der Waals surface area contributed by atoms with E-state index in [4.69, 9.17) is 10.00 Å². The quantitative estimate of drug-likeness (QED) is 0.252. The standard InChI is InChI=1S/C21H24FNO2.C2H6/c1-14-4-6-17(7-5-14)18-8-10-19(11-9-18)21(24)25-16(3)12-20(22)15(2)13-23;1-2/h8-12,14,17H,4-7H2,1-3H3;1-2H3/b16-12+,20-15-;. The first-order chi connectivity index (χ1) is 12.9. The summed E-state index contributed by atoms with van der Waals surface area (Å²) in [6.45, 7) is 9.15. The SMILES string of the molecule is C/C(C#N)=C(F)\C=C(/C)OC(=O)c1ccc(C2CCC(C)CC2)cc1.CC. The second-order valence-electron chi connectivity index (χ2n) is 6.81. The summed E-state index contributed by atoms with van der Waals surface area (Å²) in [4.78, 5) is 12.1. The molecular weight excluding hydrogens is 341 g/mol. The zero-order chi connectivity index (χ0) is 20.4. The third-order valence-corrected chi connectivity index (χ3v) is 4.74. The number of rotatable bonds is 4. The maximum atomic E-state index is 13.6. The summed E-state index contributed by atoms with van der Waals surface area (Å²) in [5.41, 5.74) is 1.64. The fourth-order valence-electron chi connectivity index (χ4n) is 3.06. The van der Waals surface area contributed by atoms with Crippen molar-refractivity contribution in [2.45, 2.75) is 66.2 Å². The van der Waals surface area contributed by atoms with Gasteiger partial charge in [0.05, 0.1) is 17.2 Å². The number of halogens is 1. The van der Waals surface area contributed by atoms with Crippen molar-refractivity contribution < 1.29 is 13.9 Å². The monoisotopic (exact) mass is 371 g/mol. The van der Waals surface area contributed by atoms with Crippen LogP contribution in [0, 0.1) is 17.2 Å². The molecule has 0 heterocycles. The van der Waals surface area contributed by atoms with Gasteiger partial charge in [-0.1, -0.05) is 45.7 Å². The zero-order valence-electron chi connectivity index (χ0n) is 17.0. The minimum atomic E-state index is -0.699. The minimum Gasteiger partial charge on any atom is -0.428 e. The van der Waals surface area contributed by atoms with E-state index in [-0.39, 0.29) is 11.3 Å². The van der Waals surface area contributed by atoms with Crippen molar-refractivity contribution in [1.82, 2.24) is 0 Å². The van der Waals surface area contributed by atoms with Crippen LogP contribution in [0.5, 0.6) is 0 Å². The molecule has 0 spiro atoms. The van der Waals surface area contributed by atoms with Crippen molar-refractivity contribution in [1.29, 1.82) is 5.26 Å². The molecule has 1 aliphatic rings. The molecule has 3 nitrogen and oxygen atoms in total. The lowest BCUT2D eigenvalue weighted by Gasteiger charge is -2.26. The molecule has 1 aliphatic carbocycles. The Balaban J connectivity index is 0.00000176. The maximum absolute atomic E-state index is 13.6. The second kappa shape index (κ2) is 11.3. The van der Waals surface area contributed by atoms with Gasteiger partial charge in [-0.2, -0.15) is 5.26 Å². The third-order valence-electron chi connectivity index (χ3n) is 4.74. The summed E-state index contributed by atoms with van der Waals surface area (Å²) < 4.78 is 18.7. The van der Waals surface area contributed by atoms with E-state index in [0.717, 1.165) is 12.0 Å². The number of hydrogen-bond acceptors (Lipinski definition) is 3. The fourth-order valence-corrected chi connectivity index (χ4v) is 3.06. The molecule has 0 N–H and O–H groups in total. The smallest absolute Gasteiger partial charge is 0.343 e. The van der Waals surface area contributed by atoms with Gasteiger partial charge < -0.3 is 4.74 Å². The predicted octanol–water partition coefficient (Wildman–Crippen LogP) is 6.83. The van der Waals surface area contributed by atoms with E-state index in [9.17, 15) is 9.18 Å². The molecule has 0 bridgehead atoms. The maximum Gasteiger partial charge on any atom is 0.343 e. The number of allylic oxidation sites excluding steroid dienone is 4. The zero-order valence-corrected chi connectivity index (χ0v) is 17.0. The second-order valence-corrected chi connectivity index (χ2v) is 6.81. The molecular formula is C23H30FNO2. The van der Waals surface area contributed by atoms with Crippen LogP contribution in [-0.4, -0.2) is 5.97 Å². The highest BCUT2D eigenvalue weighted by Crippen LogP contribution is 2.35. The first kappa shape index (κ1) is 22.6. The highest BCUT2D eigenvalue weighted by atomic mass is 19.1. The van der Waals surface area contributed by atoms with Crippen molar-refractivity contribution in [3.8, 4) is 6.07 Å². The van der Waals surface area contributed by atoms with Crippen molar-refractivity contribution >= 4 is 5.97 Å². The van der Waals surface area contributed by atoms with Crippen molar-refractivity contribution in [3.63, 3.8) is 0 Å². The van der Waals surface area contributed by atoms with Crippen molar-refractivity contribution in [2.24, 2.45) is 5.92 Å². The average Bonchev–Trinajstić information content (AvgIpc) is 2.69. The van der Waals surface area contributed by atoms with Crippen LogP contribution in [0.1, 0.15) is 82.1 Å². The van der Waals surface area contributed by atoms with Gasteiger partial charge in [0, 0.05) is 6.08 Å². The van der Waals surface area contributed by atoms with E-state index in [1.165, 1.54) is 45.1 Å². The fraction of sp³-hybridized carbons (Fsp3) is 0.478. The topological polar surface area (TPSA) is 50.1 Å². The Labute approximate surface area is 162 Å². The summed E-state index contributed by atoms with van der Waals surface area (Å²) in [7, 11) is 0. The van der Waals surface area contributed by atoms with Crippen LogP contribution in [0.15, 0.2) is 47.5 Å². The van der Waals surface area contributed by atoms with Crippen LogP contribution in [0.25, 0.3) is 0 Å². The van der Waals surface area contributed by atoms with Gasteiger partial charge in [-0.25, -0.2) is 9.18 Å². The van der Waals surface area contributed by atoms with E-state index in [2.05, 4.69) is 6.92 Å². The number of hydrogen-bond donors (Lipinski definition) is 0. The molecule has 2 rings (SSSR count). The van der Waals surface area contributed by atoms with Gasteiger partial charge in [-0.3, -0.25) is 0 Å². The van der Waals surface area contributed by atoms with Crippen LogP contribution in [0.2, 0.25) is 0 Å². The lowest BCUT2D eigenvalue weighted by atomic mass is 9.79. The Morgan fingerprint density at radius 1 is 1.15 bits per heavy atom. The number of nitrogens with zero attached hydrogens (tertiary/aromatic N) is 1. The molecule has 1 saturated carbocycles. The molecule has 146 valence electrons. The molecule has 0 radical (unpaired) electrons. The first-order valence-corrected chi connectivity index (χ1v) is 9.67. The van der Waals surface area contributed by atoms with Gasteiger partial charge in [-0.15, -0.1) is 0 Å². The summed E-state index contributed by atoms with van der Waals surface area (Å²) in [5, 5.41) is 8.64. The summed E-state index contributed by atoms with van der Waals surface area (Å²) in [5.74, 6) is 0.257. The minimum absolute atomic E-state index is 0.0541. The summed E-state index contributed by atoms with van der Waals surface area (Å²) >= 11 is 0. The normalized spacial score (nSPS) is 20.6. The van der Waals surface area contributed by atoms with Crippen molar-refractivity contribution in [2.75, 3.05) is 0 Å². The molecule has 0 saturated heterocycles. The molecule has 4 heteroatoms. The van der Waals surface area contributed by atoms with E-state index in [1.807, 2.05) is 26.0 Å². The Kier molecular flexibility index (Phi) is 9.50. The molecule has 0 atom stereocenters. The lowest BCUT2D eigenvalue weighted by molar-refractivity contribution is 0.0625. The van der Waals surface area contributed by atoms with Crippen LogP contribution < -0.4 is 0 Å². The van der Waals surface area contributed by atoms with Crippen LogP contribution in [-0.2, 0) is 4.74 Å². The highest BCUT2D eigenvalue weighted by Gasteiger charge is 2.20. The lowest BCUT2D eigenvalue weighted by Crippen LogP contribution is -2.11. The molecule has 1 fully saturated rings. The molecule has 0 aliphatic heterocycles. The van der Waals surface area contributed by atoms with E-state index in [1.54, 1.807) is 18.2 Å². The van der Waals surface area contributed by atoms with Crippen LogP contribution in [0.4, 0.5) is 4.39 Å². The van der Waals surface area contributed by atoms with Gasteiger partial charge in [0.2, 0.25) is 0 Å². The number of benzene rings is 1. The van der Waals surface area contributed by atoms with Gasteiger partial charge in [0.15, 0.2) is 0 Å². The highest BCUT2D eigenvalue weighted by molar-refractivity contribution is 5.90. The molecule has 27 heavy (non-hydrogen) atoms. The number of ether oxygens (including phenoxy) is 1. The Bertz CT molecular complexity index is 718. The van der Waals surface area contributed by atoms with E-state index >= 15 is 0 Å². The Morgan fingerprint density at radius 3 is 2.22 bits per heavy atom. The average molecular weight is 371 g/mol. The Hall–Kier alpha value is -2.41. The Morgan fingerprint density at radius 2 is 1.70 bits per heavy atom. The molecule has 0 aromatic heterocycles. The van der Waals surface area contributed by atoms with Gasteiger partial charge in [-0.05, 0) is 56.2 Å². The van der Waals surface area contributed by atoms with Gasteiger partial charge in [0.25, 0.3) is 0 Å². The molecule has 0 amide bonds. The van der Waals surface area contributed by atoms with Crippen molar-refractivity contribution in [3.05, 3.63) is 58.6 Å². The summed E-state index contributed by atoms with van der Waals surface area (Å²) in [6, 6.07) is 9.20. The first-order valence-electron chi connectivity index (χ1n) is 9.67. The molecule has 0 unspecified atom stereocenters. The van der Waals surface area contributed by atoms with E-state index < -0.39 is 11.8 Å². The van der Waals surface area contributed by atoms with E-state index in [0.29, 0.717) is 11.5 Å². The largest absolute Gasteiger partial charge is 0.428 e. The number of carbonyl (C=O) groups excluding carboxylic acids is 1. The number of nitriles is 1. The van der Waals surface area contributed by atoms with Gasteiger partial charge >= 0.3 is 5.97 Å². The predicted molar refractivity (Wildman–Crippen MR) is 107 cm³/mol. The molecule has 1 aromatic carbocycles.